The molecule has 7 heteroatoms. The number of nitrogens with zero attached hydrogens (tertiary/aromatic N) is 5. The molecule has 1 saturated heterocycles. The Morgan fingerprint density at radius 3 is 3.00 bits per heavy atom. The van der Waals surface area contributed by atoms with Crippen molar-refractivity contribution in [2.24, 2.45) is 0 Å². The number of aromatic nitrogens is 3. The first-order valence-electron chi connectivity index (χ1n) is 9.31. The van der Waals surface area contributed by atoms with Gasteiger partial charge >= 0.3 is 0 Å². The highest BCUT2D eigenvalue weighted by atomic mass is 16.5. The van der Waals surface area contributed by atoms with E-state index in [0.29, 0.717) is 42.7 Å². The number of hydrogen-bond donors (Lipinski definition) is 0. The Kier molecular flexibility index (Phi) is 6.33. The first-order chi connectivity index (χ1) is 12.6. The number of aryl methyl sites for hydroxylation is 1. The van der Waals surface area contributed by atoms with Gasteiger partial charge in [-0.3, -0.25) is 9.78 Å². The summed E-state index contributed by atoms with van der Waals surface area (Å²) in [4.78, 5) is 25.5. The van der Waals surface area contributed by atoms with Crippen LogP contribution in [-0.4, -0.2) is 64.1 Å². The van der Waals surface area contributed by atoms with Crippen molar-refractivity contribution in [3.8, 4) is 11.5 Å². The molecule has 1 atom stereocenters. The molecule has 0 N–H and O–H groups in total. The van der Waals surface area contributed by atoms with E-state index in [1.807, 2.05) is 18.2 Å². The molecule has 140 valence electrons. The van der Waals surface area contributed by atoms with Crippen molar-refractivity contribution in [2.75, 3.05) is 27.2 Å². The van der Waals surface area contributed by atoms with Gasteiger partial charge in [-0.25, -0.2) is 0 Å². The number of likely N-dealkylation sites (N-methyl/N-ethyl adjacent to an activating group) is 1. The molecule has 26 heavy (non-hydrogen) atoms. The lowest BCUT2D eigenvalue weighted by Gasteiger charge is -2.37. The number of carbonyl (C=O) groups excluding carboxylic acids is 1. The molecule has 0 spiro atoms. The lowest BCUT2D eigenvalue weighted by atomic mass is 10.0. The molecule has 0 unspecified atom stereocenters. The van der Waals surface area contributed by atoms with Crippen molar-refractivity contribution in [3.05, 3.63) is 30.3 Å². The van der Waals surface area contributed by atoms with Gasteiger partial charge in [0.2, 0.25) is 17.6 Å². The zero-order valence-electron chi connectivity index (χ0n) is 15.6. The molecule has 1 fully saturated rings. The third-order valence-corrected chi connectivity index (χ3v) is 4.67. The van der Waals surface area contributed by atoms with Crippen molar-refractivity contribution in [1.82, 2.24) is 24.9 Å². The van der Waals surface area contributed by atoms with E-state index in [-0.39, 0.29) is 5.91 Å². The fourth-order valence-corrected chi connectivity index (χ4v) is 3.43. The molecule has 1 aliphatic heterocycles. The van der Waals surface area contributed by atoms with E-state index in [1.165, 1.54) is 6.42 Å². The monoisotopic (exact) mass is 357 g/mol. The molecule has 0 aromatic carbocycles. The van der Waals surface area contributed by atoms with E-state index in [0.717, 1.165) is 25.9 Å². The highest BCUT2D eigenvalue weighted by Gasteiger charge is 2.26. The summed E-state index contributed by atoms with van der Waals surface area (Å²) in [6.45, 7) is 1.81. The molecule has 3 rings (SSSR count). The number of hydrogen-bond acceptors (Lipinski definition) is 6. The Morgan fingerprint density at radius 2 is 2.23 bits per heavy atom. The van der Waals surface area contributed by atoms with Crippen LogP contribution >= 0.6 is 0 Å². The normalized spacial score (nSPS) is 17.7. The minimum Gasteiger partial charge on any atom is -0.339 e. The van der Waals surface area contributed by atoms with Crippen LogP contribution < -0.4 is 0 Å². The Hall–Kier alpha value is -2.28. The second kappa shape index (κ2) is 8.89. The van der Waals surface area contributed by atoms with Gasteiger partial charge in [0.05, 0.1) is 0 Å². The van der Waals surface area contributed by atoms with E-state index >= 15 is 0 Å². The first-order valence-corrected chi connectivity index (χ1v) is 9.31. The predicted molar refractivity (Wildman–Crippen MR) is 98.4 cm³/mol. The van der Waals surface area contributed by atoms with Crippen molar-refractivity contribution < 1.29 is 9.32 Å². The number of pyridine rings is 1. The van der Waals surface area contributed by atoms with Crippen molar-refractivity contribution in [2.45, 2.75) is 44.6 Å². The second-order valence-electron chi connectivity index (χ2n) is 7.08. The Bertz CT molecular complexity index is 701. The van der Waals surface area contributed by atoms with Crippen LogP contribution in [0.4, 0.5) is 0 Å². The van der Waals surface area contributed by atoms with Gasteiger partial charge in [0, 0.05) is 38.2 Å². The maximum absolute atomic E-state index is 12.6. The predicted octanol–water partition coefficient (Wildman–Crippen LogP) is 2.40. The van der Waals surface area contributed by atoms with Crippen LogP contribution in [0, 0.1) is 0 Å². The van der Waals surface area contributed by atoms with Crippen LogP contribution in [0.15, 0.2) is 28.9 Å². The van der Waals surface area contributed by atoms with E-state index in [1.54, 1.807) is 6.20 Å². The quantitative estimate of drug-likeness (QED) is 0.757. The standard InChI is InChI=1S/C19H27N5O2/c1-23(2)14-15-8-4-6-13-24(15)18(25)11-7-10-17-21-19(22-26-17)16-9-3-5-12-20-16/h3,5,9,12,15H,4,6-8,10-11,13-14H2,1-2H3/t15-/m1/s1. The average molecular weight is 357 g/mol. The first kappa shape index (κ1) is 18.5. The molecule has 0 aliphatic carbocycles. The molecule has 1 amide bonds. The maximum Gasteiger partial charge on any atom is 0.227 e. The molecule has 3 heterocycles. The lowest BCUT2D eigenvalue weighted by molar-refractivity contribution is -0.135. The number of likely N-dealkylation sites (tertiary alicyclic amines) is 1. The maximum atomic E-state index is 12.6. The van der Waals surface area contributed by atoms with Crippen molar-refractivity contribution >= 4 is 5.91 Å². The van der Waals surface area contributed by atoms with Gasteiger partial charge in [-0.2, -0.15) is 4.98 Å². The van der Waals surface area contributed by atoms with Crippen LogP contribution in [0.1, 0.15) is 38.0 Å². The van der Waals surface area contributed by atoms with E-state index in [2.05, 4.69) is 39.0 Å². The smallest absolute Gasteiger partial charge is 0.227 e. The number of amides is 1. The summed E-state index contributed by atoms with van der Waals surface area (Å²) in [6, 6.07) is 5.92. The zero-order valence-corrected chi connectivity index (χ0v) is 15.6. The van der Waals surface area contributed by atoms with Crippen molar-refractivity contribution in [3.63, 3.8) is 0 Å². The third-order valence-electron chi connectivity index (χ3n) is 4.67. The Morgan fingerprint density at radius 1 is 1.35 bits per heavy atom. The summed E-state index contributed by atoms with van der Waals surface area (Å²) in [5.74, 6) is 1.29. The third kappa shape index (κ3) is 4.88. The minimum atomic E-state index is 0.237. The Balaban J connectivity index is 1.49. The number of rotatable bonds is 7. The molecule has 0 radical (unpaired) electrons. The molecular formula is C19H27N5O2. The van der Waals surface area contributed by atoms with Gasteiger partial charge in [-0.05, 0) is 51.9 Å². The zero-order chi connectivity index (χ0) is 18.4. The summed E-state index contributed by atoms with van der Waals surface area (Å²) < 4.78 is 5.29. The molecule has 7 nitrogen and oxygen atoms in total. The van der Waals surface area contributed by atoms with Crippen LogP contribution in [0.3, 0.4) is 0 Å². The summed E-state index contributed by atoms with van der Waals surface area (Å²) in [7, 11) is 4.12. The molecule has 0 bridgehead atoms. The van der Waals surface area contributed by atoms with Gasteiger partial charge < -0.3 is 14.3 Å². The van der Waals surface area contributed by atoms with Gasteiger partial charge in [0.25, 0.3) is 0 Å². The average Bonchev–Trinajstić information content (AvgIpc) is 3.11. The fourth-order valence-electron chi connectivity index (χ4n) is 3.43. The summed E-state index contributed by atoms with van der Waals surface area (Å²) in [5, 5.41) is 3.97. The van der Waals surface area contributed by atoms with Crippen LogP contribution in [0.5, 0.6) is 0 Å². The Labute approximate surface area is 154 Å². The molecular weight excluding hydrogens is 330 g/mol. The van der Waals surface area contributed by atoms with Crippen molar-refractivity contribution in [1.29, 1.82) is 0 Å². The molecule has 2 aromatic heterocycles. The van der Waals surface area contributed by atoms with E-state index in [9.17, 15) is 4.79 Å². The summed E-state index contributed by atoms with van der Waals surface area (Å²) in [5.41, 5.74) is 0.693. The van der Waals surface area contributed by atoms with E-state index < -0.39 is 0 Å². The topological polar surface area (TPSA) is 75.4 Å². The highest BCUT2D eigenvalue weighted by Crippen LogP contribution is 2.19. The van der Waals surface area contributed by atoms with Crippen LogP contribution in [0.25, 0.3) is 11.5 Å². The van der Waals surface area contributed by atoms with Gasteiger partial charge in [0.15, 0.2) is 0 Å². The second-order valence-corrected chi connectivity index (χ2v) is 7.08. The lowest BCUT2D eigenvalue weighted by Crippen LogP contribution is -2.48. The summed E-state index contributed by atoms with van der Waals surface area (Å²) >= 11 is 0. The molecule has 1 aliphatic rings. The van der Waals surface area contributed by atoms with Crippen LogP contribution in [-0.2, 0) is 11.2 Å². The molecule has 2 aromatic rings. The number of carbonyl (C=O) groups is 1. The number of piperidine rings is 1. The van der Waals surface area contributed by atoms with Gasteiger partial charge in [-0.1, -0.05) is 11.2 Å². The van der Waals surface area contributed by atoms with Gasteiger partial charge in [0.1, 0.15) is 5.69 Å². The van der Waals surface area contributed by atoms with E-state index in [4.69, 9.17) is 4.52 Å². The van der Waals surface area contributed by atoms with Crippen LogP contribution in [0.2, 0.25) is 0 Å². The van der Waals surface area contributed by atoms with Gasteiger partial charge in [-0.15, -0.1) is 0 Å². The fraction of sp³-hybridized carbons (Fsp3) is 0.579. The summed E-state index contributed by atoms with van der Waals surface area (Å²) in [6.07, 6.45) is 6.96. The largest absolute Gasteiger partial charge is 0.339 e. The minimum absolute atomic E-state index is 0.237. The molecule has 0 saturated carbocycles. The SMILES string of the molecule is CN(C)C[C@H]1CCCCN1C(=O)CCCc1nc(-c2ccccn2)no1. The highest BCUT2D eigenvalue weighted by molar-refractivity contribution is 5.76.